The number of aromatic amines is 1. The molecule has 0 spiro atoms. The summed E-state index contributed by atoms with van der Waals surface area (Å²) in [6, 6.07) is 6.22. The van der Waals surface area contributed by atoms with Crippen molar-refractivity contribution in [3.8, 4) is 0 Å². The Labute approximate surface area is 171 Å². The van der Waals surface area contributed by atoms with Gasteiger partial charge in [0, 0.05) is 13.3 Å². The van der Waals surface area contributed by atoms with Gasteiger partial charge in [0.2, 0.25) is 10.0 Å². The number of nitrogens with one attached hydrogen (secondary N) is 2. The molecule has 3 aromatic rings. The molecule has 0 amide bonds. The molecule has 4 N–H and O–H groups in total. The Bertz CT molecular complexity index is 1280. The molecule has 0 fully saturated rings. The van der Waals surface area contributed by atoms with Gasteiger partial charge in [0.15, 0.2) is 11.5 Å². The Hall–Kier alpha value is -3.51. The van der Waals surface area contributed by atoms with Crippen LogP contribution in [-0.4, -0.2) is 48.5 Å². The van der Waals surface area contributed by atoms with Gasteiger partial charge in [0.1, 0.15) is 18.3 Å². The summed E-state index contributed by atoms with van der Waals surface area (Å²) in [5, 5.41) is 14.6. The highest BCUT2D eigenvalue weighted by atomic mass is 32.2. The average molecular weight is 430 g/mol. The number of anilines is 2. The van der Waals surface area contributed by atoms with Crippen molar-refractivity contribution in [3.63, 3.8) is 0 Å². The molecular weight excluding hydrogens is 411 g/mol. The molecule has 1 aliphatic heterocycles. The number of benzene rings is 1. The number of hydrazine groups is 1. The van der Waals surface area contributed by atoms with Crippen LogP contribution in [0.25, 0.3) is 11.0 Å². The second kappa shape index (κ2) is 7.39. The van der Waals surface area contributed by atoms with Gasteiger partial charge in [-0.1, -0.05) is 6.07 Å². The van der Waals surface area contributed by atoms with Crippen molar-refractivity contribution in [2.24, 2.45) is 10.1 Å². The van der Waals surface area contributed by atoms with Crippen LogP contribution in [0.15, 0.2) is 52.2 Å². The summed E-state index contributed by atoms with van der Waals surface area (Å²) in [7, 11) is -2.09. The zero-order chi connectivity index (χ0) is 21.5. The maximum absolute atomic E-state index is 13.7. The number of hydrogen-bond donors (Lipinski definition) is 3. The van der Waals surface area contributed by atoms with Crippen LogP contribution in [-0.2, 0) is 10.0 Å². The van der Waals surface area contributed by atoms with Gasteiger partial charge in [0.25, 0.3) is 0 Å². The van der Waals surface area contributed by atoms with E-state index in [0.717, 1.165) is 6.20 Å². The molecule has 10 nitrogen and oxygen atoms in total. The molecule has 30 heavy (non-hydrogen) atoms. The Kier molecular flexibility index (Phi) is 4.87. The molecule has 156 valence electrons. The number of rotatable bonds is 5. The fraction of sp³-hybridized carbons (Fsp3) is 0.167. The number of nitrogens with zero attached hydrogens (tertiary/aromatic N) is 5. The summed E-state index contributed by atoms with van der Waals surface area (Å²) in [4.78, 5) is 10.00. The SMILES string of the molecule is Cc1ccc(NN2CN=CC=C2N(C)c2n[nH]c3ncc(F)cc23)cc1S(N)(=O)=O. The number of nitrogens with two attached hydrogens (primary N) is 1. The van der Waals surface area contributed by atoms with E-state index in [-0.39, 0.29) is 11.6 Å². The summed E-state index contributed by atoms with van der Waals surface area (Å²) in [6.45, 7) is 1.92. The van der Waals surface area contributed by atoms with E-state index in [9.17, 15) is 12.8 Å². The number of aryl methyl sites for hydroxylation is 1. The van der Waals surface area contributed by atoms with Gasteiger partial charge in [-0.2, -0.15) is 5.10 Å². The summed E-state index contributed by atoms with van der Waals surface area (Å²) in [6.07, 6.45) is 4.51. The topological polar surface area (TPSA) is 133 Å². The number of sulfonamides is 1. The van der Waals surface area contributed by atoms with E-state index < -0.39 is 15.8 Å². The number of pyridine rings is 1. The fourth-order valence-electron chi connectivity index (χ4n) is 3.16. The van der Waals surface area contributed by atoms with Crippen LogP contribution in [0.5, 0.6) is 0 Å². The van der Waals surface area contributed by atoms with Crippen molar-refractivity contribution < 1.29 is 12.8 Å². The monoisotopic (exact) mass is 430 g/mol. The highest BCUT2D eigenvalue weighted by molar-refractivity contribution is 7.89. The molecule has 0 saturated carbocycles. The maximum Gasteiger partial charge on any atom is 0.238 e. The minimum atomic E-state index is -3.86. The third kappa shape index (κ3) is 3.69. The molecule has 0 unspecified atom stereocenters. The predicted octanol–water partition coefficient (Wildman–Crippen LogP) is 1.70. The lowest BCUT2D eigenvalue weighted by molar-refractivity contribution is 0.410. The van der Waals surface area contributed by atoms with Crippen molar-refractivity contribution in [1.29, 1.82) is 0 Å². The van der Waals surface area contributed by atoms with Crippen molar-refractivity contribution in [2.75, 3.05) is 24.0 Å². The lowest BCUT2D eigenvalue weighted by Crippen LogP contribution is -2.39. The lowest BCUT2D eigenvalue weighted by Gasteiger charge is -2.33. The van der Waals surface area contributed by atoms with Crippen molar-refractivity contribution in [2.45, 2.75) is 11.8 Å². The minimum Gasteiger partial charge on any atom is -0.312 e. The molecule has 0 saturated heterocycles. The van der Waals surface area contributed by atoms with E-state index in [0.29, 0.717) is 33.9 Å². The molecule has 0 aliphatic carbocycles. The summed E-state index contributed by atoms with van der Waals surface area (Å²) in [5.41, 5.74) is 4.65. The van der Waals surface area contributed by atoms with Crippen LogP contribution in [0.4, 0.5) is 15.9 Å². The predicted molar refractivity (Wildman–Crippen MR) is 112 cm³/mol. The molecule has 4 rings (SSSR count). The first-order valence-electron chi connectivity index (χ1n) is 8.85. The van der Waals surface area contributed by atoms with Crippen molar-refractivity contribution in [3.05, 3.63) is 53.7 Å². The second-order valence-corrected chi connectivity index (χ2v) is 8.25. The summed E-state index contributed by atoms with van der Waals surface area (Å²) < 4.78 is 37.3. The number of allylic oxidation sites excluding steroid dienone is 1. The molecular formula is C18H19FN8O2S. The first-order valence-corrected chi connectivity index (χ1v) is 10.4. The highest BCUT2D eigenvalue weighted by Gasteiger charge is 2.22. The largest absolute Gasteiger partial charge is 0.312 e. The van der Waals surface area contributed by atoms with E-state index in [4.69, 9.17) is 5.14 Å². The molecule has 1 aromatic carbocycles. The van der Waals surface area contributed by atoms with Gasteiger partial charge in [-0.15, -0.1) is 0 Å². The van der Waals surface area contributed by atoms with Crippen molar-refractivity contribution in [1.82, 2.24) is 20.2 Å². The zero-order valence-electron chi connectivity index (χ0n) is 16.2. The van der Waals surface area contributed by atoms with Crippen LogP contribution in [0.3, 0.4) is 0 Å². The van der Waals surface area contributed by atoms with Gasteiger partial charge < -0.3 is 4.90 Å². The normalized spacial score (nSPS) is 14.1. The van der Waals surface area contributed by atoms with Gasteiger partial charge in [0.05, 0.1) is 22.2 Å². The third-order valence-corrected chi connectivity index (χ3v) is 5.66. The van der Waals surface area contributed by atoms with Crippen LogP contribution in [0.2, 0.25) is 0 Å². The number of primary sulfonamides is 1. The molecule has 0 atom stereocenters. The zero-order valence-corrected chi connectivity index (χ0v) is 17.0. The highest BCUT2D eigenvalue weighted by Crippen LogP contribution is 2.27. The standard InChI is InChI=1S/C18H19FN8O2S/c1-11-3-4-13(8-15(11)30(20,28)29)25-27-10-21-6-5-16(27)26(2)18-14-7-12(19)9-22-17(14)23-24-18/h3-9,25H,10H2,1-2H3,(H2,20,28,29)(H,22,23,24). The van der Waals surface area contributed by atoms with Crippen LogP contribution >= 0.6 is 0 Å². The molecule has 0 bridgehead atoms. The molecule has 0 radical (unpaired) electrons. The van der Waals surface area contributed by atoms with Gasteiger partial charge in [-0.05, 0) is 36.8 Å². The fourth-order valence-corrected chi connectivity index (χ4v) is 3.97. The molecule has 2 aromatic heterocycles. The Morgan fingerprint density at radius 1 is 1.33 bits per heavy atom. The molecule has 12 heteroatoms. The number of hydrogen-bond acceptors (Lipinski definition) is 8. The number of aliphatic imine (C=N–C) groups is 1. The van der Waals surface area contributed by atoms with E-state index in [2.05, 4.69) is 25.6 Å². The first-order chi connectivity index (χ1) is 14.2. The van der Waals surface area contributed by atoms with Crippen molar-refractivity contribution >= 4 is 38.8 Å². The second-order valence-electron chi connectivity index (χ2n) is 6.72. The Balaban J connectivity index is 1.66. The maximum atomic E-state index is 13.7. The number of H-pyrrole nitrogens is 1. The number of halogens is 1. The van der Waals surface area contributed by atoms with E-state index >= 15 is 0 Å². The first kappa shape index (κ1) is 19.8. The number of fused-ring (bicyclic) bond motifs is 1. The van der Waals surface area contributed by atoms with Gasteiger partial charge >= 0.3 is 0 Å². The quantitative estimate of drug-likeness (QED) is 0.561. The van der Waals surface area contributed by atoms with E-state index in [1.165, 1.54) is 12.1 Å². The van der Waals surface area contributed by atoms with Crippen LogP contribution < -0.4 is 15.5 Å². The average Bonchev–Trinajstić information content (AvgIpc) is 3.11. The van der Waals surface area contributed by atoms with Crippen LogP contribution in [0.1, 0.15) is 5.56 Å². The van der Waals surface area contributed by atoms with Gasteiger partial charge in [-0.25, -0.2) is 22.9 Å². The Morgan fingerprint density at radius 2 is 2.13 bits per heavy atom. The Morgan fingerprint density at radius 3 is 2.90 bits per heavy atom. The molecule has 3 heterocycles. The number of aromatic nitrogens is 3. The van der Waals surface area contributed by atoms with Crippen LogP contribution in [0, 0.1) is 12.7 Å². The minimum absolute atomic E-state index is 0.0340. The van der Waals surface area contributed by atoms with E-state index in [1.807, 2.05) is 0 Å². The molecule has 1 aliphatic rings. The smallest absolute Gasteiger partial charge is 0.238 e. The summed E-state index contributed by atoms with van der Waals surface area (Å²) >= 11 is 0. The van der Waals surface area contributed by atoms with E-state index in [1.54, 1.807) is 48.3 Å². The third-order valence-electron chi connectivity index (χ3n) is 4.61. The summed E-state index contributed by atoms with van der Waals surface area (Å²) in [5.74, 6) is 0.655. The lowest BCUT2D eigenvalue weighted by atomic mass is 10.2. The van der Waals surface area contributed by atoms with Gasteiger partial charge in [-0.3, -0.25) is 20.5 Å².